The lowest BCUT2D eigenvalue weighted by molar-refractivity contribution is -0.141. The van der Waals surface area contributed by atoms with E-state index in [1.165, 1.54) is 11.9 Å². The number of benzene rings is 3. The van der Waals surface area contributed by atoms with Crippen LogP contribution in [0.3, 0.4) is 0 Å². The molecule has 196 valence electrons. The SMILES string of the molecule is CN(C(=O)c1cn2ccc(-c3ccc(Cl)cc3)cc2n1)[C@@H](Cc1ccc(OCc2ccccc2)cc1)C(=O)O. The third-order valence-electron chi connectivity index (χ3n) is 6.53. The Kier molecular flexibility index (Phi) is 7.61. The smallest absolute Gasteiger partial charge is 0.326 e. The van der Waals surface area contributed by atoms with E-state index in [1.807, 2.05) is 85.1 Å². The number of ether oxygens (including phenoxy) is 1. The van der Waals surface area contributed by atoms with Gasteiger partial charge in [0.15, 0.2) is 0 Å². The molecule has 0 aliphatic carbocycles. The first-order valence-corrected chi connectivity index (χ1v) is 12.8. The van der Waals surface area contributed by atoms with Gasteiger partial charge >= 0.3 is 5.97 Å². The second kappa shape index (κ2) is 11.4. The number of nitrogens with zero attached hydrogens (tertiary/aromatic N) is 3. The van der Waals surface area contributed by atoms with Crippen molar-refractivity contribution in [3.05, 3.63) is 125 Å². The Morgan fingerprint density at radius 2 is 1.67 bits per heavy atom. The number of halogens is 1. The van der Waals surface area contributed by atoms with Gasteiger partial charge in [0.25, 0.3) is 5.91 Å². The van der Waals surface area contributed by atoms with Crippen molar-refractivity contribution in [3.63, 3.8) is 0 Å². The van der Waals surface area contributed by atoms with Gasteiger partial charge in [-0.15, -0.1) is 0 Å². The molecular weight excluding hydrogens is 514 g/mol. The second-order valence-electron chi connectivity index (χ2n) is 9.21. The third kappa shape index (κ3) is 6.10. The molecule has 2 heterocycles. The summed E-state index contributed by atoms with van der Waals surface area (Å²) in [6.07, 6.45) is 3.57. The van der Waals surface area contributed by atoms with Crippen LogP contribution in [0.25, 0.3) is 16.8 Å². The van der Waals surface area contributed by atoms with Crippen LogP contribution in [0.15, 0.2) is 103 Å². The fourth-order valence-corrected chi connectivity index (χ4v) is 4.43. The maximum atomic E-state index is 13.3. The van der Waals surface area contributed by atoms with Crippen molar-refractivity contribution >= 4 is 29.1 Å². The zero-order valence-corrected chi connectivity index (χ0v) is 22.0. The van der Waals surface area contributed by atoms with Gasteiger partial charge in [0.1, 0.15) is 29.7 Å². The van der Waals surface area contributed by atoms with Crippen LogP contribution in [0.4, 0.5) is 0 Å². The average Bonchev–Trinajstić information content (AvgIpc) is 3.39. The van der Waals surface area contributed by atoms with Gasteiger partial charge in [0.2, 0.25) is 0 Å². The first-order chi connectivity index (χ1) is 18.9. The van der Waals surface area contributed by atoms with E-state index in [0.717, 1.165) is 22.3 Å². The predicted molar refractivity (Wildman–Crippen MR) is 150 cm³/mol. The van der Waals surface area contributed by atoms with E-state index >= 15 is 0 Å². The van der Waals surface area contributed by atoms with Gasteiger partial charge in [-0.3, -0.25) is 4.79 Å². The van der Waals surface area contributed by atoms with E-state index in [2.05, 4.69) is 4.98 Å². The molecule has 0 fully saturated rings. The van der Waals surface area contributed by atoms with Crippen molar-refractivity contribution in [3.8, 4) is 16.9 Å². The molecule has 0 saturated carbocycles. The Morgan fingerprint density at radius 3 is 2.36 bits per heavy atom. The molecule has 5 rings (SSSR count). The van der Waals surface area contributed by atoms with E-state index in [4.69, 9.17) is 16.3 Å². The Balaban J connectivity index is 1.28. The van der Waals surface area contributed by atoms with Gasteiger partial charge in [-0.1, -0.05) is 66.2 Å². The highest BCUT2D eigenvalue weighted by Gasteiger charge is 2.29. The van der Waals surface area contributed by atoms with E-state index in [9.17, 15) is 14.7 Å². The van der Waals surface area contributed by atoms with Gasteiger partial charge in [-0.25, -0.2) is 9.78 Å². The first-order valence-electron chi connectivity index (χ1n) is 12.4. The van der Waals surface area contributed by atoms with Crippen molar-refractivity contribution in [2.24, 2.45) is 0 Å². The molecule has 1 N–H and O–H groups in total. The molecule has 0 aliphatic rings. The zero-order chi connectivity index (χ0) is 27.4. The maximum absolute atomic E-state index is 13.3. The summed E-state index contributed by atoms with van der Waals surface area (Å²) in [4.78, 5) is 31.1. The summed E-state index contributed by atoms with van der Waals surface area (Å²) in [6.45, 7) is 0.440. The highest BCUT2D eigenvalue weighted by Crippen LogP contribution is 2.23. The lowest BCUT2D eigenvalue weighted by Gasteiger charge is -2.24. The first kappa shape index (κ1) is 26.0. The summed E-state index contributed by atoms with van der Waals surface area (Å²) < 4.78 is 7.56. The number of rotatable bonds is 9. The topological polar surface area (TPSA) is 84.1 Å². The zero-order valence-electron chi connectivity index (χ0n) is 21.2. The fraction of sp³-hybridized carbons (Fsp3) is 0.129. The number of carbonyl (C=O) groups excluding carboxylic acids is 1. The monoisotopic (exact) mass is 539 g/mol. The van der Waals surface area contributed by atoms with Gasteiger partial charge in [-0.05, 0) is 58.7 Å². The maximum Gasteiger partial charge on any atom is 0.326 e. The van der Waals surface area contributed by atoms with Crippen LogP contribution >= 0.6 is 11.6 Å². The largest absolute Gasteiger partial charge is 0.489 e. The molecule has 8 heteroatoms. The third-order valence-corrected chi connectivity index (χ3v) is 6.78. The summed E-state index contributed by atoms with van der Waals surface area (Å²) in [5.41, 5.74) is 4.48. The molecule has 0 bridgehead atoms. The Bertz CT molecular complexity index is 1600. The number of carboxylic acid groups (broad SMARTS) is 1. The number of aromatic nitrogens is 2. The Morgan fingerprint density at radius 1 is 0.949 bits per heavy atom. The highest BCUT2D eigenvalue weighted by molar-refractivity contribution is 6.30. The van der Waals surface area contributed by atoms with E-state index in [0.29, 0.717) is 23.0 Å². The van der Waals surface area contributed by atoms with Crippen LogP contribution in [0.2, 0.25) is 5.02 Å². The van der Waals surface area contributed by atoms with Crippen molar-refractivity contribution in [2.75, 3.05) is 7.05 Å². The van der Waals surface area contributed by atoms with Crippen LogP contribution in [0.5, 0.6) is 5.75 Å². The molecule has 0 saturated heterocycles. The molecule has 2 aromatic heterocycles. The number of hydrogen-bond donors (Lipinski definition) is 1. The molecule has 0 radical (unpaired) electrons. The lowest BCUT2D eigenvalue weighted by atomic mass is 10.0. The molecule has 0 aliphatic heterocycles. The quantitative estimate of drug-likeness (QED) is 0.248. The minimum Gasteiger partial charge on any atom is -0.489 e. The van der Waals surface area contributed by atoms with Crippen LogP contribution in [0.1, 0.15) is 21.6 Å². The van der Waals surface area contributed by atoms with Crippen LogP contribution in [-0.2, 0) is 17.8 Å². The number of likely N-dealkylation sites (N-methyl/N-ethyl adjacent to an activating group) is 1. The van der Waals surface area contributed by atoms with Crippen LogP contribution in [-0.4, -0.2) is 44.4 Å². The van der Waals surface area contributed by atoms with E-state index in [-0.39, 0.29) is 12.1 Å². The molecule has 5 aromatic rings. The number of pyridine rings is 1. The van der Waals surface area contributed by atoms with Gasteiger partial charge in [0.05, 0.1) is 0 Å². The molecule has 3 aromatic carbocycles. The molecule has 1 amide bonds. The standard InChI is InChI=1S/C31H26ClN3O4/c1-34(28(31(37)38)17-21-7-13-26(14-8-21)39-20-22-5-3-2-4-6-22)30(36)27-19-35-16-15-24(18-29(35)33-27)23-9-11-25(32)12-10-23/h2-16,18-19,28H,17,20H2,1H3,(H,37,38)/t28-/m0/s1. The summed E-state index contributed by atoms with van der Waals surface area (Å²) in [5, 5.41) is 10.6. The van der Waals surface area contributed by atoms with Crippen LogP contribution < -0.4 is 4.74 Å². The molecule has 0 unspecified atom stereocenters. The van der Waals surface area contributed by atoms with E-state index in [1.54, 1.807) is 22.7 Å². The van der Waals surface area contributed by atoms with Gasteiger partial charge < -0.3 is 19.1 Å². The number of imidazole rings is 1. The number of hydrogen-bond acceptors (Lipinski definition) is 4. The van der Waals surface area contributed by atoms with E-state index < -0.39 is 17.9 Å². The van der Waals surface area contributed by atoms with Crippen LogP contribution in [0, 0.1) is 0 Å². The summed E-state index contributed by atoms with van der Waals surface area (Å²) in [7, 11) is 1.49. The predicted octanol–water partition coefficient (Wildman–Crippen LogP) is 6.00. The Labute approximate surface area is 230 Å². The molecule has 39 heavy (non-hydrogen) atoms. The second-order valence-corrected chi connectivity index (χ2v) is 9.64. The Hall–Kier alpha value is -4.62. The number of aliphatic carboxylic acids is 1. The van der Waals surface area contributed by atoms with Crippen molar-refractivity contribution in [2.45, 2.75) is 19.1 Å². The highest BCUT2D eigenvalue weighted by atomic mass is 35.5. The molecule has 0 spiro atoms. The van der Waals surface area contributed by atoms with Crippen molar-refractivity contribution < 1.29 is 19.4 Å². The van der Waals surface area contributed by atoms with Gasteiger partial charge in [-0.2, -0.15) is 0 Å². The fourth-order valence-electron chi connectivity index (χ4n) is 4.30. The number of fused-ring (bicyclic) bond motifs is 1. The molecule has 7 nitrogen and oxygen atoms in total. The summed E-state index contributed by atoms with van der Waals surface area (Å²) in [6, 6.07) is 27.3. The molecular formula is C31H26ClN3O4. The summed E-state index contributed by atoms with van der Waals surface area (Å²) >= 11 is 6.00. The van der Waals surface area contributed by atoms with Crippen molar-refractivity contribution in [1.82, 2.24) is 14.3 Å². The van der Waals surface area contributed by atoms with Gasteiger partial charge in [0, 0.05) is 30.9 Å². The minimum atomic E-state index is -1.09. The summed E-state index contributed by atoms with van der Waals surface area (Å²) in [5.74, 6) is -0.882. The normalized spacial score (nSPS) is 11.7. The number of carbonyl (C=O) groups is 2. The number of amides is 1. The molecule has 1 atom stereocenters. The lowest BCUT2D eigenvalue weighted by Crippen LogP contribution is -2.44. The number of carboxylic acids is 1. The minimum absolute atomic E-state index is 0.143. The average molecular weight is 540 g/mol. The van der Waals surface area contributed by atoms with Crippen molar-refractivity contribution in [1.29, 1.82) is 0 Å².